The van der Waals surface area contributed by atoms with Crippen molar-refractivity contribution in [2.75, 3.05) is 5.32 Å². The number of hydrogen-bond donors (Lipinski definition) is 3. The first-order valence-electron chi connectivity index (χ1n) is 6.18. The van der Waals surface area contributed by atoms with Crippen LogP contribution >= 0.6 is 0 Å². The number of carbonyl (C=O) groups excluding carboxylic acids is 2. The van der Waals surface area contributed by atoms with Crippen molar-refractivity contribution in [2.24, 2.45) is 5.73 Å². The number of para-hydroxylation sites is 1. The quantitative estimate of drug-likeness (QED) is 0.772. The molecule has 2 amide bonds. The number of benzene rings is 1. The van der Waals surface area contributed by atoms with Crippen LogP contribution in [0.15, 0.2) is 24.3 Å². The monoisotopic (exact) mass is 263 g/mol. The molecular weight excluding hydrogens is 242 g/mol. The van der Waals surface area contributed by atoms with Crippen LogP contribution in [0.25, 0.3) is 0 Å². The van der Waals surface area contributed by atoms with Gasteiger partial charge in [-0.3, -0.25) is 9.59 Å². The third kappa shape index (κ3) is 4.71. The molecule has 5 heteroatoms. The van der Waals surface area contributed by atoms with Crippen molar-refractivity contribution in [1.82, 2.24) is 5.32 Å². The van der Waals surface area contributed by atoms with Crippen LogP contribution in [0.4, 0.5) is 5.69 Å². The maximum absolute atomic E-state index is 12.1. The molecule has 1 rings (SSSR count). The van der Waals surface area contributed by atoms with Gasteiger partial charge in [-0.15, -0.1) is 0 Å². The Hall–Kier alpha value is -1.88. The van der Waals surface area contributed by atoms with Gasteiger partial charge in [0.1, 0.15) is 0 Å². The Kier molecular flexibility index (Phi) is 4.67. The molecule has 4 N–H and O–H groups in total. The Morgan fingerprint density at radius 3 is 2.32 bits per heavy atom. The topological polar surface area (TPSA) is 84.2 Å². The summed E-state index contributed by atoms with van der Waals surface area (Å²) in [5, 5.41) is 5.51. The molecule has 0 saturated heterocycles. The highest BCUT2D eigenvalue weighted by Crippen LogP contribution is 2.16. The minimum atomic E-state index is -0.626. The van der Waals surface area contributed by atoms with Gasteiger partial charge < -0.3 is 16.4 Å². The zero-order chi connectivity index (χ0) is 14.6. The lowest BCUT2D eigenvalue weighted by molar-refractivity contribution is -0.117. The molecule has 1 atom stereocenters. The van der Waals surface area contributed by atoms with Crippen LogP contribution in [-0.2, 0) is 4.79 Å². The average molecular weight is 263 g/mol. The van der Waals surface area contributed by atoms with E-state index >= 15 is 0 Å². The van der Waals surface area contributed by atoms with Crippen molar-refractivity contribution in [1.29, 1.82) is 0 Å². The molecule has 0 fully saturated rings. The van der Waals surface area contributed by atoms with E-state index in [-0.39, 0.29) is 17.4 Å². The summed E-state index contributed by atoms with van der Waals surface area (Å²) in [5.41, 5.74) is 6.05. The first-order chi connectivity index (χ1) is 8.70. The summed E-state index contributed by atoms with van der Waals surface area (Å²) in [6.45, 7) is 7.28. The normalized spacial score (nSPS) is 12.7. The average Bonchev–Trinajstić information content (AvgIpc) is 2.27. The number of amides is 2. The molecule has 5 nitrogen and oxygen atoms in total. The number of nitrogens with two attached hydrogens (primary N) is 1. The summed E-state index contributed by atoms with van der Waals surface area (Å²) < 4.78 is 0. The van der Waals surface area contributed by atoms with Gasteiger partial charge in [0.15, 0.2) is 0 Å². The Morgan fingerprint density at radius 1 is 1.21 bits per heavy atom. The number of carbonyl (C=O) groups is 2. The van der Waals surface area contributed by atoms with Crippen molar-refractivity contribution in [3.8, 4) is 0 Å². The molecule has 1 aromatic rings. The zero-order valence-corrected chi connectivity index (χ0v) is 11.8. The Morgan fingerprint density at radius 2 is 1.79 bits per heavy atom. The molecule has 0 heterocycles. The van der Waals surface area contributed by atoms with E-state index < -0.39 is 6.04 Å². The summed E-state index contributed by atoms with van der Waals surface area (Å²) in [6.07, 6.45) is 0. The molecule has 0 unspecified atom stereocenters. The van der Waals surface area contributed by atoms with Gasteiger partial charge >= 0.3 is 0 Å². The van der Waals surface area contributed by atoms with E-state index in [4.69, 9.17) is 5.73 Å². The second-order valence-corrected chi connectivity index (χ2v) is 5.53. The Labute approximate surface area is 113 Å². The highest BCUT2D eigenvalue weighted by molar-refractivity contribution is 6.04. The summed E-state index contributed by atoms with van der Waals surface area (Å²) in [7, 11) is 0. The van der Waals surface area contributed by atoms with Gasteiger partial charge in [0.25, 0.3) is 5.91 Å². The first kappa shape index (κ1) is 15.2. The van der Waals surface area contributed by atoms with Gasteiger partial charge in [0.05, 0.1) is 17.3 Å². The second-order valence-electron chi connectivity index (χ2n) is 5.53. The molecule has 1 aromatic carbocycles. The van der Waals surface area contributed by atoms with E-state index in [0.29, 0.717) is 11.3 Å². The van der Waals surface area contributed by atoms with Gasteiger partial charge in [-0.25, -0.2) is 0 Å². The third-order valence-corrected chi connectivity index (χ3v) is 2.33. The summed E-state index contributed by atoms with van der Waals surface area (Å²) >= 11 is 0. The van der Waals surface area contributed by atoms with Crippen molar-refractivity contribution >= 4 is 17.5 Å². The number of hydrogen-bond acceptors (Lipinski definition) is 3. The summed E-state index contributed by atoms with van der Waals surface area (Å²) in [6, 6.07) is 6.22. The molecule has 104 valence electrons. The Bertz CT molecular complexity index is 476. The molecule has 0 saturated carbocycles. The van der Waals surface area contributed by atoms with Crippen molar-refractivity contribution in [3.05, 3.63) is 29.8 Å². The van der Waals surface area contributed by atoms with E-state index in [2.05, 4.69) is 10.6 Å². The SMILES string of the molecule is C[C@H](N)C(=O)Nc1ccccc1C(=O)NC(C)(C)C. The standard InChI is InChI=1S/C14H21N3O2/c1-9(15)12(18)16-11-8-6-5-7-10(11)13(19)17-14(2,3)4/h5-9H,15H2,1-4H3,(H,16,18)(H,17,19)/t9-/m0/s1. The van der Waals surface area contributed by atoms with Gasteiger partial charge in [-0.05, 0) is 39.8 Å². The third-order valence-electron chi connectivity index (χ3n) is 2.33. The van der Waals surface area contributed by atoms with Gasteiger partial charge in [0.2, 0.25) is 5.91 Å². The van der Waals surface area contributed by atoms with Crippen molar-refractivity contribution in [3.63, 3.8) is 0 Å². The first-order valence-corrected chi connectivity index (χ1v) is 6.18. The van der Waals surface area contributed by atoms with Crippen LogP contribution < -0.4 is 16.4 Å². The fourth-order valence-electron chi connectivity index (χ4n) is 1.44. The molecule has 0 spiro atoms. The smallest absolute Gasteiger partial charge is 0.253 e. The molecule has 0 bridgehead atoms. The zero-order valence-electron chi connectivity index (χ0n) is 11.8. The largest absolute Gasteiger partial charge is 0.347 e. The van der Waals surface area contributed by atoms with E-state index in [9.17, 15) is 9.59 Å². The highest BCUT2D eigenvalue weighted by Gasteiger charge is 2.19. The van der Waals surface area contributed by atoms with Crippen LogP contribution in [0.1, 0.15) is 38.1 Å². The van der Waals surface area contributed by atoms with Gasteiger partial charge in [0, 0.05) is 5.54 Å². The van der Waals surface area contributed by atoms with E-state index in [1.54, 1.807) is 31.2 Å². The van der Waals surface area contributed by atoms with E-state index in [1.165, 1.54) is 0 Å². The van der Waals surface area contributed by atoms with Crippen LogP contribution in [0.3, 0.4) is 0 Å². The molecule has 0 aromatic heterocycles. The van der Waals surface area contributed by atoms with Crippen molar-refractivity contribution < 1.29 is 9.59 Å². The lowest BCUT2D eigenvalue weighted by Crippen LogP contribution is -2.41. The maximum atomic E-state index is 12.1. The summed E-state index contributed by atoms with van der Waals surface area (Å²) in [5.74, 6) is -0.552. The minimum absolute atomic E-state index is 0.229. The predicted octanol–water partition coefficient (Wildman–Crippen LogP) is 1.50. The van der Waals surface area contributed by atoms with Gasteiger partial charge in [-0.2, -0.15) is 0 Å². The van der Waals surface area contributed by atoms with Crippen LogP contribution in [0.5, 0.6) is 0 Å². The van der Waals surface area contributed by atoms with Crippen LogP contribution in [-0.4, -0.2) is 23.4 Å². The second kappa shape index (κ2) is 5.84. The molecule has 0 aliphatic carbocycles. The summed E-state index contributed by atoms with van der Waals surface area (Å²) in [4.78, 5) is 23.7. The van der Waals surface area contributed by atoms with Crippen LogP contribution in [0.2, 0.25) is 0 Å². The van der Waals surface area contributed by atoms with Crippen LogP contribution in [0, 0.1) is 0 Å². The molecular formula is C14H21N3O2. The lowest BCUT2D eigenvalue weighted by atomic mass is 10.1. The fourth-order valence-corrected chi connectivity index (χ4v) is 1.44. The Balaban J connectivity index is 2.96. The number of anilines is 1. The molecule has 19 heavy (non-hydrogen) atoms. The number of nitrogens with one attached hydrogen (secondary N) is 2. The van der Waals surface area contributed by atoms with E-state index in [0.717, 1.165) is 0 Å². The van der Waals surface area contributed by atoms with Crippen molar-refractivity contribution in [2.45, 2.75) is 39.3 Å². The number of rotatable bonds is 3. The minimum Gasteiger partial charge on any atom is -0.347 e. The van der Waals surface area contributed by atoms with Gasteiger partial charge in [-0.1, -0.05) is 12.1 Å². The lowest BCUT2D eigenvalue weighted by Gasteiger charge is -2.21. The fraction of sp³-hybridized carbons (Fsp3) is 0.429. The van der Waals surface area contributed by atoms with E-state index in [1.807, 2.05) is 20.8 Å². The molecule has 0 radical (unpaired) electrons. The predicted molar refractivity (Wildman–Crippen MR) is 75.9 cm³/mol. The molecule has 0 aliphatic rings. The maximum Gasteiger partial charge on any atom is 0.253 e. The highest BCUT2D eigenvalue weighted by atomic mass is 16.2. The molecule has 0 aliphatic heterocycles.